The third-order valence-corrected chi connectivity index (χ3v) is 1.33. The van der Waals surface area contributed by atoms with Crippen molar-refractivity contribution in [3.63, 3.8) is 0 Å². The largest absolute Gasteiger partial charge is 0.317 e. The zero-order chi connectivity index (χ0) is 7.82. The van der Waals surface area contributed by atoms with E-state index in [1.54, 1.807) is 0 Å². The summed E-state index contributed by atoms with van der Waals surface area (Å²) in [6, 6.07) is 0.627. The highest BCUT2D eigenvalue weighted by molar-refractivity contribution is 4.53. The molecule has 0 atom stereocenters. The van der Waals surface area contributed by atoms with Gasteiger partial charge < -0.3 is 10.6 Å². The van der Waals surface area contributed by atoms with E-state index >= 15 is 0 Å². The van der Waals surface area contributed by atoms with Crippen molar-refractivity contribution in [3.05, 3.63) is 0 Å². The van der Waals surface area contributed by atoms with Gasteiger partial charge in [0, 0.05) is 6.04 Å². The minimum atomic E-state index is 0.627. The molecule has 0 fully saturated rings. The van der Waals surface area contributed by atoms with Gasteiger partial charge in [0.05, 0.1) is 0 Å². The Hall–Kier alpha value is -0.0800. The SMILES string of the molecule is CCNCCCNC(C)C. The molecule has 2 N–H and O–H groups in total. The molecule has 0 aromatic carbocycles. The average Bonchev–Trinajstić information content (AvgIpc) is 1.87. The fraction of sp³-hybridized carbons (Fsp3) is 1.00. The Morgan fingerprint density at radius 3 is 2.40 bits per heavy atom. The lowest BCUT2D eigenvalue weighted by atomic mass is 10.3. The topological polar surface area (TPSA) is 24.1 Å². The summed E-state index contributed by atoms with van der Waals surface area (Å²) in [5, 5.41) is 6.65. The molecule has 0 spiro atoms. The molecule has 0 aromatic heterocycles. The molecule has 0 aliphatic rings. The molecule has 0 unspecified atom stereocenters. The van der Waals surface area contributed by atoms with E-state index in [-0.39, 0.29) is 0 Å². The zero-order valence-corrected chi connectivity index (χ0v) is 7.41. The highest BCUT2D eigenvalue weighted by Gasteiger charge is 1.89. The first-order valence-corrected chi connectivity index (χ1v) is 4.21. The van der Waals surface area contributed by atoms with Crippen molar-refractivity contribution in [2.45, 2.75) is 33.2 Å². The van der Waals surface area contributed by atoms with Crippen LogP contribution in [0.5, 0.6) is 0 Å². The lowest BCUT2D eigenvalue weighted by Gasteiger charge is -2.07. The molecule has 0 aromatic rings. The van der Waals surface area contributed by atoms with Gasteiger partial charge in [0.25, 0.3) is 0 Å². The van der Waals surface area contributed by atoms with Crippen molar-refractivity contribution in [3.8, 4) is 0 Å². The summed E-state index contributed by atoms with van der Waals surface area (Å²) in [5.74, 6) is 0. The van der Waals surface area contributed by atoms with Crippen LogP contribution in [0.1, 0.15) is 27.2 Å². The second kappa shape index (κ2) is 7.03. The van der Waals surface area contributed by atoms with Crippen LogP contribution in [0, 0.1) is 0 Å². The van der Waals surface area contributed by atoms with Crippen LogP contribution < -0.4 is 10.6 Å². The van der Waals surface area contributed by atoms with Crippen LogP contribution in [-0.4, -0.2) is 25.7 Å². The third-order valence-electron chi connectivity index (χ3n) is 1.33. The lowest BCUT2D eigenvalue weighted by molar-refractivity contribution is 0.553. The second-order valence-corrected chi connectivity index (χ2v) is 2.82. The van der Waals surface area contributed by atoms with Crippen molar-refractivity contribution in [2.75, 3.05) is 19.6 Å². The Kier molecular flexibility index (Phi) is 6.98. The van der Waals surface area contributed by atoms with E-state index in [2.05, 4.69) is 31.4 Å². The number of rotatable bonds is 6. The molecule has 0 aliphatic heterocycles. The molecular formula is C8H20N2. The Balaban J connectivity index is 2.77. The zero-order valence-electron chi connectivity index (χ0n) is 7.41. The minimum absolute atomic E-state index is 0.627. The van der Waals surface area contributed by atoms with E-state index < -0.39 is 0 Å². The molecule has 0 saturated carbocycles. The molecule has 0 heterocycles. The van der Waals surface area contributed by atoms with Gasteiger partial charge in [-0.15, -0.1) is 0 Å². The fourth-order valence-corrected chi connectivity index (χ4v) is 0.781. The summed E-state index contributed by atoms with van der Waals surface area (Å²) in [6.45, 7) is 9.83. The molecule has 2 nitrogen and oxygen atoms in total. The van der Waals surface area contributed by atoms with Crippen LogP contribution in [0.15, 0.2) is 0 Å². The van der Waals surface area contributed by atoms with Crippen molar-refractivity contribution in [2.24, 2.45) is 0 Å². The Bertz CT molecular complexity index is 62.3. The molecular weight excluding hydrogens is 124 g/mol. The first-order chi connectivity index (χ1) is 4.77. The van der Waals surface area contributed by atoms with Gasteiger partial charge in [-0.25, -0.2) is 0 Å². The Morgan fingerprint density at radius 1 is 1.20 bits per heavy atom. The van der Waals surface area contributed by atoms with E-state index in [0.29, 0.717) is 6.04 Å². The molecule has 62 valence electrons. The molecule has 0 bridgehead atoms. The highest BCUT2D eigenvalue weighted by Crippen LogP contribution is 1.78. The van der Waals surface area contributed by atoms with Crippen molar-refractivity contribution < 1.29 is 0 Å². The van der Waals surface area contributed by atoms with E-state index in [1.807, 2.05) is 0 Å². The van der Waals surface area contributed by atoms with Gasteiger partial charge in [-0.3, -0.25) is 0 Å². The standard InChI is InChI=1S/C8H20N2/c1-4-9-6-5-7-10-8(2)3/h8-10H,4-7H2,1-3H3. The van der Waals surface area contributed by atoms with E-state index in [1.165, 1.54) is 6.42 Å². The van der Waals surface area contributed by atoms with Gasteiger partial charge in [-0.2, -0.15) is 0 Å². The number of hydrogen-bond acceptors (Lipinski definition) is 2. The molecule has 0 saturated heterocycles. The van der Waals surface area contributed by atoms with Crippen LogP contribution >= 0.6 is 0 Å². The maximum absolute atomic E-state index is 3.36. The smallest absolute Gasteiger partial charge is 0.00103 e. The summed E-state index contributed by atoms with van der Waals surface area (Å²) >= 11 is 0. The van der Waals surface area contributed by atoms with Crippen molar-refractivity contribution >= 4 is 0 Å². The summed E-state index contributed by atoms with van der Waals surface area (Å²) in [7, 11) is 0. The predicted molar refractivity (Wildman–Crippen MR) is 46.3 cm³/mol. The molecule has 10 heavy (non-hydrogen) atoms. The second-order valence-electron chi connectivity index (χ2n) is 2.82. The van der Waals surface area contributed by atoms with Gasteiger partial charge in [0.15, 0.2) is 0 Å². The molecule has 0 amide bonds. The van der Waals surface area contributed by atoms with Crippen molar-refractivity contribution in [1.29, 1.82) is 0 Å². The van der Waals surface area contributed by atoms with Gasteiger partial charge in [0.2, 0.25) is 0 Å². The van der Waals surface area contributed by atoms with E-state index in [0.717, 1.165) is 19.6 Å². The van der Waals surface area contributed by atoms with Crippen LogP contribution in [0.4, 0.5) is 0 Å². The highest BCUT2D eigenvalue weighted by atomic mass is 14.9. The number of hydrogen-bond donors (Lipinski definition) is 2. The summed E-state index contributed by atoms with van der Waals surface area (Å²) in [6.07, 6.45) is 1.23. The average molecular weight is 144 g/mol. The summed E-state index contributed by atoms with van der Waals surface area (Å²) < 4.78 is 0. The summed E-state index contributed by atoms with van der Waals surface area (Å²) in [5.41, 5.74) is 0. The third kappa shape index (κ3) is 7.92. The van der Waals surface area contributed by atoms with Gasteiger partial charge in [0.1, 0.15) is 0 Å². The van der Waals surface area contributed by atoms with Crippen LogP contribution in [-0.2, 0) is 0 Å². The molecule has 2 heteroatoms. The lowest BCUT2D eigenvalue weighted by Crippen LogP contribution is -2.26. The minimum Gasteiger partial charge on any atom is -0.317 e. The molecule has 0 radical (unpaired) electrons. The normalized spacial score (nSPS) is 10.8. The first kappa shape index (κ1) is 9.92. The van der Waals surface area contributed by atoms with Gasteiger partial charge in [-0.1, -0.05) is 20.8 Å². The van der Waals surface area contributed by atoms with Crippen LogP contribution in [0.25, 0.3) is 0 Å². The Labute approximate surface area is 64.4 Å². The van der Waals surface area contributed by atoms with Gasteiger partial charge >= 0.3 is 0 Å². The van der Waals surface area contributed by atoms with E-state index in [9.17, 15) is 0 Å². The maximum atomic E-state index is 3.36. The van der Waals surface area contributed by atoms with Crippen molar-refractivity contribution in [1.82, 2.24) is 10.6 Å². The fourth-order valence-electron chi connectivity index (χ4n) is 0.781. The monoisotopic (exact) mass is 144 g/mol. The van der Waals surface area contributed by atoms with Gasteiger partial charge in [-0.05, 0) is 26.1 Å². The van der Waals surface area contributed by atoms with E-state index in [4.69, 9.17) is 0 Å². The van der Waals surface area contributed by atoms with Crippen LogP contribution in [0.3, 0.4) is 0 Å². The molecule has 0 rings (SSSR count). The predicted octanol–water partition coefficient (Wildman–Crippen LogP) is 0.984. The number of nitrogens with one attached hydrogen (secondary N) is 2. The summed E-state index contributed by atoms with van der Waals surface area (Å²) in [4.78, 5) is 0. The van der Waals surface area contributed by atoms with Crippen LogP contribution in [0.2, 0.25) is 0 Å². The first-order valence-electron chi connectivity index (χ1n) is 4.21. The Morgan fingerprint density at radius 2 is 1.90 bits per heavy atom. The quantitative estimate of drug-likeness (QED) is 0.543. The molecule has 0 aliphatic carbocycles. The maximum Gasteiger partial charge on any atom is 0.00103 e.